The Morgan fingerprint density at radius 3 is 2.76 bits per heavy atom. The van der Waals surface area contributed by atoms with Crippen molar-refractivity contribution in [1.82, 2.24) is 5.32 Å². The highest BCUT2D eigenvalue weighted by molar-refractivity contribution is 5.73. The monoisotopic (exact) mass is 289 g/mol. The topological polar surface area (TPSA) is 27.7 Å². The maximum absolute atomic E-state index is 5.73. The summed E-state index contributed by atoms with van der Waals surface area (Å²) in [4.78, 5) is 4.91. The Bertz CT molecular complexity index is 471. The molecule has 1 N–H and O–H groups in total. The lowest BCUT2D eigenvalue weighted by Crippen LogP contribution is -2.48. The summed E-state index contributed by atoms with van der Waals surface area (Å²) in [5, 5.41) is 3.54. The highest BCUT2D eigenvalue weighted by Crippen LogP contribution is 2.36. The van der Waals surface area contributed by atoms with Crippen LogP contribution in [-0.2, 0) is 4.74 Å². The van der Waals surface area contributed by atoms with Crippen LogP contribution in [0.3, 0.4) is 0 Å². The smallest absolute Gasteiger partial charge is 0.0604 e. The van der Waals surface area contributed by atoms with Gasteiger partial charge < -0.3 is 19.9 Å². The third-order valence-electron chi connectivity index (χ3n) is 4.80. The number of fused-ring (bicyclic) bond motifs is 1. The van der Waals surface area contributed by atoms with E-state index < -0.39 is 0 Å². The van der Waals surface area contributed by atoms with Crippen LogP contribution in [0.4, 0.5) is 11.4 Å². The van der Waals surface area contributed by atoms with Crippen molar-refractivity contribution in [3.05, 3.63) is 24.3 Å². The largest absolute Gasteiger partial charge is 0.381 e. The molecule has 0 radical (unpaired) electrons. The van der Waals surface area contributed by atoms with Gasteiger partial charge in [0.05, 0.1) is 18.0 Å². The second-order valence-corrected chi connectivity index (χ2v) is 6.41. The molecular formula is C17H27N3O. The molecule has 0 saturated carbocycles. The van der Waals surface area contributed by atoms with Crippen molar-refractivity contribution >= 4 is 11.4 Å². The van der Waals surface area contributed by atoms with E-state index in [2.05, 4.69) is 53.4 Å². The predicted molar refractivity (Wildman–Crippen MR) is 88.3 cm³/mol. The molecule has 4 nitrogen and oxygen atoms in total. The number of nitrogens with one attached hydrogen (secondary N) is 1. The quantitative estimate of drug-likeness (QED) is 0.897. The first kappa shape index (κ1) is 14.7. The Kier molecular flexibility index (Phi) is 4.36. The Morgan fingerprint density at radius 2 is 2.05 bits per heavy atom. The summed E-state index contributed by atoms with van der Waals surface area (Å²) >= 11 is 0. The minimum Gasteiger partial charge on any atom is -0.381 e. The Balaban J connectivity index is 1.79. The van der Waals surface area contributed by atoms with Crippen LogP contribution in [0, 0.1) is 5.41 Å². The third-order valence-corrected chi connectivity index (χ3v) is 4.80. The lowest BCUT2D eigenvalue weighted by atomic mass is 9.86. The fraction of sp³-hybridized carbons (Fsp3) is 0.647. The van der Waals surface area contributed by atoms with Gasteiger partial charge in [-0.1, -0.05) is 19.1 Å². The molecule has 4 heteroatoms. The van der Waals surface area contributed by atoms with Crippen molar-refractivity contribution in [1.29, 1.82) is 0 Å². The van der Waals surface area contributed by atoms with Gasteiger partial charge in [0.1, 0.15) is 0 Å². The predicted octanol–water partition coefficient (Wildman–Crippen LogP) is 1.96. The molecule has 1 aromatic rings. The second kappa shape index (κ2) is 6.24. The summed E-state index contributed by atoms with van der Waals surface area (Å²) in [5.41, 5.74) is 2.98. The maximum atomic E-state index is 5.73. The second-order valence-electron chi connectivity index (χ2n) is 6.41. The van der Waals surface area contributed by atoms with E-state index in [0.29, 0.717) is 0 Å². The first-order valence-electron chi connectivity index (χ1n) is 8.08. The lowest BCUT2D eigenvalue weighted by molar-refractivity contribution is 0.152. The van der Waals surface area contributed by atoms with E-state index >= 15 is 0 Å². The molecule has 2 heterocycles. The lowest BCUT2D eigenvalue weighted by Gasteiger charge is -2.41. The van der Waals surface area contributed by atoms with E-state index in [0.717, 1.165) is 52.4 Å². The van der Waals surface area contributed by atoms with Crippen molar-refractivity contribution in [3.8, 4) is 0 Å². The molecule has 1 saturated heterocycles. The number of hydrogen-bond donors (Lipinski definition) is 1. The van der Waals surface area contributed by atoms with Crippen LogP contribution < -0.4 is 15.1 Å². The van der Waals surface area contributed by atoms with Gasteiger partial charge in [-0.05, 0) is 25.1 Å². The number of hydrogen-bond acceptors (Lipinski definition) is 4. The first-order valence-corrected chi connectivity index (χ1v) is 8.08. The molecule has 1 atom stereocenters. The van der Waals surface area contributed by atoms with Crippen molar-refractivity contribution in [2.24, 2.45) is 5.41 Å². The molecule has 1 unspecified atom stereocenters. The number of benzene rings is 1. The van der Waals surface area contributed by atoms with Gasteiger partial charge in [0.2, 0.25) is 0 Å². The van der Waals surface area contributed by atoms with E-state index in [9.17, 15) is 0 Å². The molecular weight excluding hydrogens is 262 g/mol. The average molecular weight is 289 g/mol. The maximum Gasteiger partial charge on any atom is 0.0604 e. The average Bonchev–Trinajstić information content (AvgIpc) is 2.97. The highest BCUT2D eigenvalue weighted by Gasteiger charge is 2.37. The van der Waals surface area contributed by atoms with Gasteiger partial charge in [0.15, 0.2) is 0 Å². The minimum atomic E-state index is 0.263. The van der Waals surface area contributed by atoms with Crippen LogP contribution in [-0.4, -0.2) is 53.0 Å². The van der Waals surface area contributed by atoms with E-state index in [1.807, 2.05) is 0 Å². The van der Waals surface area contributed by atoms with Gasteiger partial charge in [0.25, 0.3) is 0 Å². The van der Waals surface area contributed by atoms with Crippen LogP contribution in [0.5, 0.6) is 0 Å². The summed E-state index contributed by atoms with van der Waals surface area (Å²) < 4.78 is 5.73. The molecule has 2 aliphatic rings. The summed E-state index contributed by atoms with van der Waals surface area (Å²) in [7, 11) is 2.18. The highest BCUT2D eigenvalue weighted by atomic mass is 16.5. The van der Waals surface area contributed by atoms with Gasteiger partial charge in [-0.3, -0.25) is 0 Å². The first-order chi connectivity index (χ1) is 10.2. The summed E-state index contributed by atoms with van der Waals surface area (Å²) in [5.74, 6) is 0. The molecule has 0 aliphatic carbocycles. The van der Waals surface area contributed by atoms with Crippen molar-refractivity contribution < 1.29 is 4.74 Å². The molecule has 0 aromatic heterocycles. The van der Waals surface area contributed by atoms with E-state index in [-0.39, 0.29) is 5.41 Å². The van der Waals surface area contributed by atoms with Crippen LogP contribution >= 0.6 is 0 Å². The zero-order valence-electron chi connectivity index (χ0n) is 13.3. The molecule has 3 rings (SSSR count). The normalized spacial score (nSPS) is 25.2. The fourth-order valence-electron chi connectivity index (χ4n) is 3.49. The van der Waals surface area contributed by atoms with Crippen molar-refractivity contribution in [3.63, 3.8) is 0 Å². The molecule has 0 spiro atoms. The fourth-order valence-corrected chi connectivity index (χ4v) is 3.49. The van der Waals surface area contributed by atoms with Gasteiger partial charge in [-0.25, -0.2) is 0 Å². The molecule has 0 amide bonds. The molecule has 1 fully saturated rings. The molecule has 1 aromatic carbocycles. The number of rotatable bonds is 5. The Labute approximate surface area is 128 Å². The zero-order valence-corrected chi connectivity index (χ0v) is 13.3. The molecule has 2 aliphatic heterocycles. The zero-order chi connectivity index (χ0) is 14.7. The molecule has 116 valence electrons. The van der Waals surface area contributed by atoms with Crippen LogP contribution in [0.15, 0.2) is 24.3 Å². The van der Waals surface area contributed by atoms with Crippen LogP contribution in [0.1, 0.15) is 13.3 Å². The number of nitrogens with zero attached hydrogens (tertiary/aromatic N) is 2. The number of ether oxygens (including phenoxy) is 1. The van der Waals surface area contributed by atoms with Crippen LogP contribution in [0.2, 0.25) is 0 Å². The van der Waals surface area contributed by atoms with Crippen LogP contribution in [0.25, 0.3) is 0 Å². The third kappa shape index (κ3) is 3.01. The van der Waals surface area contributed by atoms with E-state index in [1.165, 1.54) is 11.4 Å². The SMILES string of the molecule is CCNCC1(CN2CCN(C)c3ccccc32)CCOC1. The Hall–Kier alpha value is -1.26. The van der Waals surface area contributed by atoms with Crippen molar-refractivity contribution in [2.45, 2.75) is 13.3 Å². The van der Waals surface area contributed by atoms with Gasteiger partial charge >= 0.3 is 0 Å². The standard InChI is InChI=1S/C17H27N3O/c1-3-18-12-17(8-11-21-14-17)13-20-10-9-19(2)15-6-4-5-7-16(15)20/h4-7,18H,3,8-14H2,1-2H3. The van der Waals surface area contributed by atoms with E-state index in [1.54, 1.807) is 0 Å². The molecule has 0 bridgehead atoms. The summed E-state index contributed by atoms with van der Waals surface area (Å²) in [6.45, 7) is 9.32. The summed E-state index contributed by atoms with van der Waals surface area (Å²) in [6.07, 6.45) is 1.16. The van der Waals surface area contributed by atoms with Gasteiger partial charge in [-0.15, -0.1) is 0 Å². The number of para-hydroxylation sites is 2. The van der Waals surface area contributed by atoms with Crippen molar-refractivity contribution in [2.75, 3.05) is 62.8 Å². The van der Waals surface area contributed by atoms with Gasteiger partial charge in [0, 0.05) is 45.2 Å². The van der Waals surface area contributed by atoms with Gasteiger partial charge in [-0.2, -0.15) is 0 Å². The molecule has 21 heavy (non-hydrogen) atoms. The summed E-state index contributed by atoms with van der Waals surface area (Å²) in [6, 6.07) is 8.75. The minimum absolute atomic E-state index is 0.263. The Morgan fingerprint density at radius 1 is 1.24 bits per heavy atom. The van der Waals surface area contributed by atoms with E-state index in [4.69, 9.17) is 4.74 Å². The number of anilines is 2. The number of likely N-dealkylation sites (N-methyl/N-ethyl adjacent to an activating group) is 1.